The summed E-state index contributed by atoms with van der Waals surface area (Å²) in [6.07, 6.45) is 28.1. The van der Waals surface area contributed by atoms with E-state index in [-0.39, 0.29) is 7.92 Å². The smallest absolute Gasteiger partial charge is 0.00814 e. The molecule has 1 heteroatoms. The van der Waals surface area contributed by atoms with Gasteiger partial charge < -0.3 is 0 Å². The molecule has 0 aromatic carbocycles. The molecule has 0 amide bonds. The Kier molecular flexibility index (Phi) is 4.39. The first kappa shape index (κ1) is 18.9. The molecule has 9 aliphatic rings. The number of rotatable bonds is 4. The minimum Gasteiger partial charge on any atom is -0.0936 e. The van der Waals surface area contributed by atoms with Gasteiger partial charge in [-0.3, -0.25) is 0 Å². The maximum absolute atomic E-state index is 2.52. The third-order valence-corrected chi connectivity index (χ3v) is 16.0. The van der Waals surface area contributed by atoms with E-state index >= 15 is 0 Å². The maximum Gasteiger partial charge on any atom is -0.00814 e. The second-order valence-electron chi connectivity index (χ2n) is 14.0. The molecule has 9 rings (SSSR count). The Bertz CT molecular complexity index is 526. The molecule has 0 spiro atoms. The Morgan fingerprint density at radius 1 is 0.552 bits per heavy atom. The summed E-state index contributed by atoms with van der Waals surface area (Å²) >= 11 is 0. The summed E-state index contributed by atoms with van der Waals surface area (Å²) in [5, 5.41) is 1.75. The Morgan fingerprint density at radius 3 is 1.24 bits per heavy atom. The predicted molar refractivity (Wildman–Crippen MR) is 125 cm³/mol. The molecule has 0 aromatic heterocycles. The van der Waals surface area contributed by atoms with E-state index in [4.69, 9.17) is 0 Å². The zero-order chi connectivity index (χ0) is 19.2. The van der Waals surface area contributed by atoms with Gasteiger partial charge >= 0.3 is 0 Å². The van der Waals surface area contributed by atoms with Gasteiger partial charge in [-0.1, -0.05) is 27.7 Å². The Hall–Kier alpha value is 0.430. The standard InChI is InChI=1S/C28H45P/c1-19-2-4-20(5-3-19)18-29(27-12-21-6-22(13-27)8-23(7-21)14-27)28-15-24-9-25(16-28)11-26(10-24)17-28/h19-26H,2-18H2,1H3. The molecule has 0 unspecified atom stereocenters. The number of hydrogen-bond donors (Lipinski definition) is 0. The van der Waals surface area contributed by atoms with E-state index in [1.54, 1.807) is 109 Å². The SMILES string of the molecule is CC1CCC(CP(C23CC4CC(CC(C4)C2)C3)C23CC4CC(CC(C4)C2)C3)CC1. The monoisotopic (exact) mass is 412 g/mol. The lowest BCUT2D eigenvalue weighted by molar-refractivity contribution is 0.0181. The molecule has 0 heterocycles. The quantitative estimate of drug-likeness (QED) is 0.408. The van der Waals surface area contributed by atoms with Gasteiger partial charge in [0.15, 0.2) is 0 Å². The first-order valence-electron chi connectivity index (χ1n) is 13.9. The number of hydrogen-bond acceptors (Lipinski definition) is 0. The van der Waals surface area contributed by atoms with Crippen molar-refractivity contribution >= 4 is 7.92 Å². The molecule has 162 valence electrons. The second-order valence-corrected chi connectivity index (χ2v) is 17.1. The van der Waals surface area contributed by atoms with E-state index in [9.17, 15) is 0 Å². The van der Waals surface area contributed by atoms with Crippen molar-refractivity contribution in [3.63, 3.8) is 0 Å². The lowest BCUT2D eigenvalue weighted by atomic mass is 9.55. The van der Waals surface area contributed by atoms with Crippen LogP contribution in [0.3, 0.4) is 0 Å². The molecule has 0 atom stereocenters. The lowest BCUT2D eigenvalue weighted by Crippen LogP contribution is -2.57. The predicted octanol–water partition coefficient (Wildman–Crippen LogP) is 8.23. The minimum absolute atomic E-state index is 0.254. The van der Waals surface area contributed by atoms with Crippen molar-refractivity contribution in [1.82, 2.24) is 0 Å². The van der Waals surface area contributed by atoms with Crippen LogP contribution >= 0.6 is 7.92 Å². The summed E-state index contributed by atoms with van der Waals surface area (Å²) in [7, 11) is 0.254. The van der Waals surface area contributed by atoms with Gasteiger partial charge in [0.05, 0.1) is 0 Å². The van der Waals surface area contributed by atoms with Crippen molar-refractivity contribution in [1.29, 1.82) is 0 Å². The first-order valence-corrected chi connectivity index (χ1v) is 15.4. The highest BCUT2D eigenvalue weighted by Gasteiger charge is 2.62. The van der Waals surface area contributed by atoms with E-state index in [0.29, 0.717) is 0 Å². The minimum atomic E-state index is 0.254. The average Bonchev–Trinajstić information content (AvgIpc) is 2.65. The van der Waals surface area contributed by atoms with Gasteiger partial charge in [0.1, 0.15) is 0 Å². The highest BCUT2D eigenvalue weighted by Crippen LogP contribution is 2.79. The van der Waals surface area contributed by atoms with Gasteiger partial charge in [0.25, 0.3) is 0 Å². The summed E-state index contributed by atoms with van der Waals surface area (Å²) < 4.78 is 0. The van der Waals surface area contributed by atoms with Gasteiger partial charge in [-0.25, -0.2) is 0 Å². The zero-order valence-electron chi connectivity index (χ0n) is 19.1. The third kappa shape index (κ3) is 3.07. The second kappa shape index (κ2) is 6.72. The maximum atomic E-state index is 2.52. The fourth-order valence-corrected chi connectivity index (χ4v) is 17.0. The topological polar surface area (TPSA) is 0 Å². The lowest BCUT2D eigenvalue weighted by Gasteiger charge is -2.68. The van der Waals surface area contributed by atoms with Crippen LogP contribution in [0.4, 0.5) is 0 Å². The summed E-state index contributed by atoms with van der Waals surface area (Å²) in [4.78, 5) is 0. The van der Waals surface area contributed by atoms with E-state index in [1.165, 1.54) is 0 Å². The summed E-state index contributed by atoms with van der Waals surface area (Å²) in [6.45, 7) is 2.52. The van der Waals surface area contributed by atoms with Gasteiger partial charge in [-0.05, 0) is 154 Å². The molecule has 0 aliphatic heterocycles. The Balaban J connectivity index is 1.24. The molecule has 0 nitrogen and oxygen atoms in total. The van der Waals surface area contributed by atoms with E-state index in [2.05, 4.69) is 6.92 Å². The van der Waals surface area contributed by atoms with Crippen molar-refractivity contribution in [2.45, 2.75) is 120 Å². The molecule has 9 aliphatic carbocycles. The molecular formula is C28H45P. The fraction of sp³-hybridized carbons (Fsp3) is 1.00. The van der Waals surface area contributed by atoms with Crippen molar-refractivity contribution in [3.8, 4) is 0 Å². The molecule has 9 saturated carbocycles. The summed E-state index contributed by atoms with van der Waals surface area (Å²) in [5.74, 6) is 9.10. The van der Waals surface area contributed by atoms with Crippen LogP contribution in [0, 0.1) is 47.3 Å². The van der Waals surface area contributed by atoms with Crippen LogP contribution < -0.4 is 0 Å². The molecule has 29 heavy (non-hydrogen) atoms. The highest BCUT2D eigenvalue weighted by atomic mass is 31.1. The van der Waals surface area contributed by atoms with Crippen molar-refractivity contribution < 1.29 is 0 Å². The molecule has 0 saturated heterocycles. The molecule has 0 N–H and O–H groups in total. The molecule has 0 radical (unpaired) electrons. The van der Waals surface area contributed by atoms with Crippen LogP contribution in [0.15, 0.2) is 0 Å². The molecule has 0 aromatic rings. The molecule has 8 bridgehead atoms. The largest absolute Gasteiger partial charge is 0.0936 e. The zero-order valence-corrected chi connectivity index (χ0v) is 20.0. The van der Waals surface area contributed by atoms with Gasteiger partial charge in [-0.15, -0.1) is 0 Å². The molecule has 9 fully saturated rings. The highest BCUT2D eigenvalue weighted by molar-refractivity contribution is 7.61. The van der Waals surface area contributed by atoms with Gasteiger partial charge in [-0.2, -0.15) is 0 Å². The van der Waals surface area contributed by atoms with Crippen molar-refractivity contribution in [2.75, 3.05) is 6.16 Å². The van der Waals surface area contributed by atoms with Gasteiger partial charge in [0.2, 0.25) is 0 Å². The van der Waals surface area contributed by atoms with Crippen LogP contribution in [-0.4, -0.2) is 16.5 Å². The average molecular weight is 413 g/mol. The third-order valence-electron chi connectivity index (χ3n) is 11.7. The summed E-state index contributed by atoms with van der Waals surface area (Å²) in [5.41, 5.74) is 0. The Labute approximate surface area is 181 Å². The Morgan fingerprint density at radius 2 is 0.897 bits per heavy atom. The fourth-order valence-electron chi connectivity index (χ4n) is 11.5. The van der Waals surface area contributed by atoms with E-state index < -0.39 is 0 Å². The normalized spacial score (nSPS) is 58.7. The van der Waals surface area contributed by atoms with E-state index in [1.807, 2.05) is 0 Å². The summed E-state index contributed by atoms with van der Waals surface area (Å²) in [6, 6.07) is 0. The van der Waals surface area contributed by atoms with Crippen LogP contribution in [-0.2, 0) is 0 Å². The first-order chi connectivity index (χ1) is 14.1. The van der Waals surface area contributed by atoms with Crippen LogP contribution in [0.2, 0.25) is 0 Å². The van der Waals surface area contributed by atoms with E-state index in [0.717, 1.165) is 57.7 Å². The molecular weight excluding hydrogens is 367 g/mol. The van der Waals surface area contributed by atoms with Crippen molar-refractivity contribution in [3.05, 3.63) is 0 Å². The van der Waals surface area contributed by atoms with Crippen LogP contribution in [0.5, 0.6) is 0 Å². The van der Waals surface area contributed by atoms with Crippen LogP contribution in [0.1, 0.15) is 110 Å². The van der Waals surface area contributed by atoms with Gasteiger partial charge in [0, 0.05) is 0 Å². The van der Waals surface area contributed by atoms with Crippen LogP contribution in [0.25, 0.3) is 0 Å². The van der Waals surface area contributed by atoms with Crippen molar-refractivity contribution in [2.24, 2.45) is 47.3 Å².